The highest BCUT2D eigenvalue weighted by Crippen LogP contribution is 2.67. The van der Waals surface area contributed by atoms with Crippen molar-refractivity contribution in [2.45, 2.75) is 70.9 Å². The van der Waals surface area contributed by atoms with Gasteiger partial charge in [-0.2, -0.15) is 0 Å². The predicted octanol–water partition coefficient (Wildman–Crippen LogP) is 3.91. The Bertz CT molecular complexity index is 953. The van der Waals surface area contributed by atoms with Crippen LogP contribution in [-0.4, -0.2) is 26.2 Å². The number of nitrogens with zero attached hydrogens (tertiary/aromatic N) is 2. The van der Waals surface area contributed by atoms with Gasteiger partial charge in [-0.05, 0) is 68.4 Å². The zero-order valence-corrected chi connectivity index (χ0v) is 17.4. The number of aliphatic hydroxyl groups is 1. The number of aromatic nitrogens is 2. The van der Waals surface area contributed by atoms with Gasteiger partial charge in [0.15, 0.2) is 0 Å². The summed E-state index contributed by atoms with van der Waals surface area (Å²) in [5.74, 6) is 1.55. The molecule has 4 bridgehead atoms. The van der Waals surface area contributed by atoms with E-state index >= 15 is 0 Å². The SMILES string of the molecule is CCC12CC3CC(O)(C1)CC(C(=O)NCc1ccccc1-n1ccnc1C)(C3)C2. The van der Waals surface area contributed by atoms with Gasteiger partial charge in [0.1, 0.15) is 5.82 Å². The van der Waals surface area contributed by atoms with Crippen LogP contribution in [0.25, 0.3) is 5.69 Å². The summed E-state index contributed by atoms with van der Waals surface area (Å²) in [4.78, 5) is 17.8. The van der Waals surface area contributed by atoms with Gasteiger partial charge in [-0.1, -0.05) is 31.5 Å². The normalized spacial score (nSPS) is 35.1. The lowest BCUT2D eigenvalue weighted by atomic mass is 9.42. The summed E-state index contributed by atoms with van der Waals surface area (Å²) in [6.07, 6.45) is 10.3. The molecule has 6 rings (SSSR count). The van der Waals surface area contributed by atoms with E-state index in [-0.39, 0.29) is 11.3 Å². The molecule has 4 fully saturated rings. The van der Waals surface area contributed by atoms with Crippen molar-refractivity contribution in [3.05, 3.63) is 48.0 Å². The number of para-hydroxylation sites is 1. The van der Waals surface area contributed by atoms with Crippen molar-refractivity contribution in [3.8, 4) is 5.69 Å². The Hall–Kier alpha value is -2.14. The monoisotopic (exact) mass is 393 g/mol. The molecule has 1 aromatic carbocycles. The molecule has 0 saturated heterocycles. The molecule has 0 aliphatic heterocycles. The minimum absolute atomic E-state index is 0.134. The number of hydrogen-bond acceptors (Lipinski definition) is 3. The molecule has 0 spiro atoms. The van der Waals surface area contributed by atoms with E-state index in [4.69, 9.17) is 0 Å². The molecule has 154 valence electrons. The Morgan fingerprint density at radius 1 is 1.24 bits per heavy atom. The molecule has 1 heterocycles. The van der Waals surface area contributed by atoms with Gasteiger partial charge in [0.05, 0.1) is 16.7 Å². The molecule has 4 saturated carbocycles. The van der Waals surface area contributed by atoms with Crippen LogP contribution in [0, 0.1) is 23.7 Å². The second-order valence-electron chi connectivity index (χ2n) is 10.0. The maximum atomic E-state index is 13.5. The van der Waals surface area contributed by atoms with Crippen molar-refractivity contribution in [2.24, 2.45) is 16.7 Å². The van der Waals surface area contributed by atoms with Crippen LogP contribution < -0.4 is 5.32 Å². The second-order valence-corrected chi connectivity index (χ2v) is 10.0. The third-order valence-electron chi connectivity index (χ3n) is 7.90. The molecule has 4 atom stereocenters. The molecule has 1 aromatic heterocycles. The van der Waals surface area contributed by atoms with Gasteiger partial charge in [-0.25, -0.2) is 4.98 Å². The zero-order valence-electron chi connectivity index (χ0n) is 17.4. The summed E-state index contributed by atoms with van der Waals surface area (Å²) in [6.45, 7) is 4.71. The molecule has 4 aliphatic rings. The summed E-state index contributed by atoms with van der Waals surface area (Å²) in [7, 11) is 0. The Balaban J connectivity index is 1.38. The number of benzene rings is 1. The van der Waals surface area contributed by atoms with Crippen molar-refractivity contribution in [2.75, 3.05) is 0 Å². The Kier molecular flexibility index (Phi) is 4.18. The lowest BCUT2D eigenvalue weighted by molar-refractivity contribution is -0.204. The Labute approximate surface area is 172 Å². The van der Waals surface area contributed by atoms with Gasteiger partial charge in [0.2, 0.25) is 5.91 Å². The van der Waals surface area contributed by atoms with E-state index in [2.05, 4.69) is 33.9 Å². The van der Waals surface area contributed by atoms with Crippen molar-refractivity contribution in [1.29, 1.82) is 0 Å². The van der Waals surface area contributed by atoms with Crippen molar-refractivity contribution >= 4 is 5.91 Å². The van der Waals surface area contributed by atoms with Crippen LogP contribution >= 0.6 is 0 Å². The first-order valence-electron chi connectivity index (χ1n) is 11.0. The van der Waals surface area contributed by atoms with Crippen LogP contribution in [0.3, 0.4) is 0 Å². The summed E-state index contributed by atoms with van der Waals surface area (Å²) >= 11 is 0. The fraction of sp³-hybridized carbons (Fsp3) is 0.583. The second kappa shape index (κ2) is 6.43. The number of aryl methyl sites for hydroxylation is 1. The number of rotatable bonds is 5. The highest BCUT2D eigenvalue weighted by atomic mass is 16.3. The summed E-state index contributed by atoms with van der Waals surface area (Å²) in [5, 5.41) is 14.5. The summed E-state index contributed by atoms with van der Waals surface area (Å²) in [6, 6.07) is 8.15. The molecular weight excluding hydrogens is 362 g/mol. The largest absolute Gasteiger partial charge is 0.390 e. The van der Waals surface area contributed by atoms with Crippen LogP contribution in [0.5, 0.6) is 0 Å². The van der Waals surface area contributed by atoms with Crippen LogP contribution in [0.1, 0.15) is 63.3 Å². The minimum atomic E-state index is -0.640. The van der Waals surface area contributed by atoms with E-state index in [0.717, 1.165) is 49.2 Å². The molecular formula is C24H31N3O2. The first-order valence-corrected chi connectivity index (χ1v) is 11.0. The standard InChI is InChI=1S/C24H31N3O2/c1-3-22-10-18-11-23(14-22,16-24(29,12-18)15-22)21(28)26-13-19-6-4-5-7-20(19)27-9-8-25-17(27)2/h4-9,18,29H,3,10-16H2,1-2H3,(H,26,28). The minimum Gasteiger partial charge on any atom is -0.390 e. The fourth-order valence-corrected chi connectivity index (χ4v) is 7.12. The average Bonchev–Trinajstić information content (AvgIpc) is 3.10. The van der Waals surface area contributed by atoms with E-state index in [1.54, 1.807) is 6.20 Å². The lowest BCUT2D eigenvalue weighted by Gasteiger charge is -2.64. The van der Waals surface area contributed by atoms with Gasteiger partial charge in [0.25, 0.3) is 0 Å². The Morgan fingerprint density at radius 2 is 2.07 bits per heavy atom. The summed E-state index contributed by atoms with van der Waals surface area (Å²) in [5.41, 5.74) is 1.24. The predicted molar refractivity (Wildman–Crippen MR) is 111 cm³/mol. The highest BCUT2D eigenvalue weighted by Gasteiger charge is 2.64. The molecule has 5 nitrogen and oxygen atoms in total. The van der Waals surface area contributed by atoms with E-state index < -0.39 is 11.0 Å². The molecule has 2 N–H and O–H groups in total. The fourth-order valence-electron chi connectivity index (χ4n) is 7.12. The topological polar surface area (TPSA) is 67.2 Å². The van der Waals surface area contributed by atoms with Crippen LogP contribution in [0.2, 0.25) is 0 Å². The average molecular weight is 394 g/mol. The number of carbonyl (C=O) groups is 1. The van der Waals surface area contributed by atoms with Crippen molar-refractivity contribution in [1.82, 2.24) is 14.9 Å². The number of hydrogen-bond donors (Lipinski definition) is 2. The van der Waals surface area contributed by atoms with E-state index in [1.165, 1.54) is 6.42 Å². The number of carbonyl (C=O) groups excluding carboxylic acids is 1. The van der Waals surface area contributed by atoms with Crippen LogP contribution in [0.4, 0.5) is 0 Å². The first kappa shape index (κ1) is 18.9. The third-order valence-corrected chi connectivity index (χ3v) is 7.90. The molecule has 1 amide bonds. The van der Waals surface area contributed by atoms with Gasteiger partial charge < -0.3 is 15.0 Å². The molecule has 4 aliphatic carbocycles. The van der Waals surface area contributed by atoms with Gasteiger partial charge in [-0.3, -0.25) is 4.79 Å². The van der Waals surface area contributed by atoms with Gasteiger partial charge in [0, 0.05) is 18.9 Å². The lowest BCUT2D eigenvalue weighted by Crippen LogP contribution is -2.63. The molecule has 2 aromatic rings. The van der Waals surface area contributed by atoms with Gasteiger partial charge >= 0.3 is 0 Å². The number of nitrogens with one attached hydrogen (secondary N) is 1. The molecule has 29 heavy (non-hydrogen) atoms. The smallest absolute Gasteiger partial charge is 0.226 e. The molecule has 5 heteroatoms. The third kappa shape index (κ3) is 3.02. The Morgan fingerprint density at radius 3 is 2.79 bits per heavy atom. The maximum Gasteiger partial charge on any atom is 0.226 e. The maximum absolute atomic E-state index is 13.5. The van der Waals surface area contributed by atoms with Gasteiger partial charge in [-0.15, -0.1) is 0 Å². The highest BCUT2D eigenvalue weighted by molar-refractivity contribution is 5.83. The van der Waals surface area contributed by atoms with E-state index in [0.29, 0.717) is 18.9 Å². The van der Waals surface area contributed by atoms with Crippen LogP contribution in [-0.2, 0) is 11.3 Å². The number of amides is 1. The zero-order chi connectivity index (χ0) is 20.3. The summed E-state index contributed by atoms with van der Waals surface area (Å²) < 4.78 is 2.06. The van der Waals surface area contributed by atoms with Crippen LogP contribution in [0.15, 0.2) is 36.7 Å². The van der Waals surface area contributed by atoms with E-state index in [1.807, 2.05) is 25.3 Å². The van der Waals surface area contributed by atoms with E-state index in [9.17, 15) is 9.90 Å². The van der Waals surface area contributed by atoms with Crippen molar-refractivity contribution in [3.63, 3.8) is 0 Å². The number of imidazole rings is 1. The quantitative estimate of drug-likeness (QED) is 0.809. The molecule has 0 radical (unpaired) electrons. The first-order chi connectivity index (χ1) is 13.9. The van der Waals surface area contributed by atoms with Crippen molar-refractivity contribution < 1.29 is 9.90 Å². The molecule has 4 unspecified atom stereocenters.